The third-order valence-corrected chi connectivity index (χ3v) is 5.86. The summed E-state index contributed by atoms with van der Waals surface area (Å²) in [5.41, 5.74) is 2.73. The van der Waals surface area contributed by atoms with Crippen molar-refractivity contribution in [1.82, 2.24) is 20.1 Å². The van der Waals surface area contributed by atoms with Gasteiger partial charge in [0.2, 0.25) is 0 Å². The maximum absolute atomic E-state index is 13.3. The molecule has 2 amide bonds. The third-order valence-electron chi connectivity index (χ3n) is 4.97. The smallest absolute Gasteiger partial charge is 0.256 e. The van der Waals surface area contributed by atoms with Crippen molar-refractivity contribution in [3.8, 4) is 10.6 Å². The van der Waals surface area contributed by atoms with Gasteiger partial charge in [-0.15, -0.1) is 11.3 Å². The van der Waals surface area contributed by atoms with Gasteiger partial charge in [-0.05, 0) is 76.4 Å². The van der Waals surface area contributed by atoms with Gasteiger partial charge in [0.25, 0.3) is 11.8 Å². The second-order valence-corrected chi connectivity index (χ2v) is 10.1. The van der Waals surface area contributed by atoms with Crippen molar-refractivity contribution in [3.63, 3.8) is 0 Å². The topological polar surface area (TPSA) is 88.9 Å². The number of hydrogen-bond acceptors (Lipinski definition) is 5. The summed E-state index contributed by atoms with van der Waals surface area (Å²) in [5, 5.41) is 13.0. The van der Waals surface area contributed by atoms with Crippen LogP contribution in [0.2, 0.25) is 0 Å². The highest BCUT2D eigenvalue weighted by molar-refractivity contribution is 7.13. The largest absolute Gasteiger partial charge is 0.347 e. The molecular weight excluding hydrogens is 434 g/mol. The zero-order valence-corrected chi connectivity index (χ0v) is 20.2. The van der Waals surface area contributed by atoms with E-state index in [0.29, 0.717) is 27.8 Å². The lowest BCUT2D eigenvalue weighted by molar-refractivity contribution is 0.0919. The summed E-state index contributed by atoms with van der Waals surface area (Å²) in [6.45, 7) is 9.86. The van der Waals surface area contributed by atoms with E-state index in [1.807, 2.05) is 56.8 Å². The minimum Gasteiger partial charge on any atom is -0.347 e. The molecule has 4 rings (SSSR count). The van der Waals surface area contributed by atoms with Gasteiger partial charge in [-0.1, -0.05) is 6.07 Å². The van der Waals surface area contributed by atoms with Gasteiger partial charge in [-0.25, -0.2) is 9.67 Å². The highest BCUT2D eigenvalue weighted by Crippen LogP contribution is 2.29. The first kappa shape index (κ1) is 22.7. The second kappa shape index (κ2) is 8.78. The summed E-state index contributed by atoms with van der Waals surface area (Å²) in [6, 6.07) is 12.7. The van der Waals surface area contributed by atoms with Crippen LogP contribution in [0.4, 0.5) is 5.69 Å². The first-order valence-corrected chi connectivity index (χ1v) is 11.7. The Morgan fingerprint density at radius 1 is 1.06 bits per heavy atom. The van der Waals surface area contributed by atoms with Crippen LogP contribution in [-0.4, -0.2) is 32.1 Å². The summed E-state index contributed by atoms with van der Waals surface area (Å²) in [6.07, 6.45) is 1.69. The van der Waals surface area contributed by atoms with Crippen molar-refractivity contribution in [3.05, 3.63) is 65.2 Å². The average molecular weight is 462 g/mol. The van der Waals surface area contributed by atoms with Crippen molar-refractivity contribution < 1.29 is 9.59 Å². The molecule has 3 heterocycles. The number of fused-ring (bicyclic) bond motifs is 1. The molecule has 0 aliphatic rings. The Bertz CT molecular complexity index is 1300. The number of amides is 2. The average Bonchev–Trinajstić information content (AvgIpc) is 3.42. The Labute approximate surface area is 196 Å². The molecule has 1 aromatic carbocycles. The Morgan fingerprint density at radius 2 is 1.79 bits per heavy atom. The number of rotatable bonds is 5. The maximum Gasteiger partial charge on any atom is 0.256 e. The molecule has 0 aliphatic carbocycles. The molecular formula is C25H27N5O2S. The Balaban J connectivity index is 1.65. The fraction of sp³-hybridized carbons (Fsp3) is 0.280. The molecule has 0 bridgehead atoms. The predicted molar refractivity (Wildman–Crippen MR) is 133 cm³/mol. The van der Waals surface area contributed by atoms with E-state index in [1.165, 1.54) is 0 Å². The molecule has 0 saturated heterocycles. The number of anilines is 1. The standard InChI is InChI=1S/C25H27N5O2S/c1-15(2)30-22-19(14-26-30)18(13-20(28-22)21-7-6-12-33-21)24(32)27-17-10-8-16(9-11-17)23(31)29-25(3,4)5/h6-15H,1-5H3,(H,27,32)(H,29,31). The fourth-order valence-corrected chi connectivity index (χ4v) is 4.14. The zero-order chi connectivity index (χ0) is 23.8. The van der Waals surface area contributed by atoms with Crippen LogP contribution in [0.5, 0.6) is 0 Å². The molecule has 4 aromatic rings. The maximum atomic E-state index is 13.3. The number of thiophene rings is 1. The van der Waals surface area contributed by atoms with Crippen molar-refractivity contribution in [2.45, 2.75) is 46.2 Å². The van der Waals surface area contributed by atoms with E-state index < -0.39 is 0 Å². The molecule has 2 N–H and O–H groups in total. The lowest BCUT2D eigenvalue weighted by atomic mass is 10.1. The SMILES string of the molecule is CC(C)n1ncc2c(C(=O)Nc3ccc(C(=O)NC(C)(C)C)cc3)cc(-c3cccs3)nc21. The van der Waals surface area contributed by atoms with Gasteiger partial charge in [0.15, 0.2) is 5.65 Å². The molecule has 0 saturated carbocycles. The first-order valence-electron chi connectivity index (χ1n) is 10.8. The number of nitrogens with zero attached hydrogens (tertiary/aromatic N) is 3. The van der Waals surface area contributed by atoms with Gasteiger partial charge >= 0.3 is 0 Å². The van der Waals surface area contributed by atoms with Crippen molar-refractivity contribution in [1.29, 1.82) is 0 Å². The molecule has 33 heavy (non-hydrogen) atoms. The van der Waals surface area contributed by atoms with Crippen molar-refractivity contribution in [2.75, 3.05) is 5.32 Å². The Hall–Kier alpha value is -3.52. The minimum atomic E-state index is -0.322. The van der Waals surface area contributed by atoms with Crippen LogP contribution in [0.3, 0.4) is 0 Å². The molecule has 0 spiro atoms. The van der Waals surface area contributed by atoms with E-state index in [0.717, 1.165) is 10.6 Å². The van der Waals surface area contributed by atoms with Gasteiger partial charge in [-0.3, -0.25) is 9.59 Å². The van der Waals surface area contributed by atoms with Gasteiger partial charge in [0.05, 0.1) is 27.7 Å². The quantitative estimate of drug-likeness (QED) is 0.409. The molecule has 7 nitrogen and oxygen atoms in total. The number of carbonyl (C=O) groups excluding carboxylic acids is 2. The molecule has 3 aromatic heterocycles. The third kappa shape index (κ3) is 4.96. The van der Waals surface area contributed by atoms with E-state index in [-0.39, 0.29) is 23.4 Å². The number of aromatic nitrogens is 3. The summed E-state index contributed by atoms with van der Waals surface area (Å²) >= 11 is 1.57. The lowest BCUT2D eigenvalue weighted by Crippen LogP contribution is -2.40. The molecule has 8 heteroatoms. The van der Waals surface area contributed by atoms with Crippen LogP contribution in [0.25, 0.3) is 21.6 Å². The van der Waals surface area contributed by atoms with Gasteiger partial charge in [0.1, 0.15) is 0 Å². The number of pyridine rings is 1. The number of carbonyl (C=O) groups is 2. The van der Waals surface area contributed by atoms with Crippen molar-refractivity contribution in [2.24, 2.45) is 0 Å². The van der Waals surface area contributed by atoms with Crippen LogP contribution in [0.15, 0.2) is 54.0 Å². The minimum absolute atomic E-state index is 0.108. The second-order valence-electron chi connectivity index (χ2n) is 9.19. The molecule has 0 atom stereocenters. The highest BCUT2D eigenvalue weighted by Gasteiger charge is 2.20. The van der Waals surface area contributed by atoms with Crippen molar-refractivity contribution >= 4 is 39.9 Å². The molecule has 0 radical (unpaired) electrons. The van der Waals surface area contributed by atoms with Gasteiger partial charge in [-0.2, -0.15) is 5.10 Å². The van der Waals surface area contributed by atoms with E-state index in [4.69, 9.17) is 4.98 Å². The van der Waals surface area contributed by atoms with E-state index >= 15 is 0 Å². The number of hydrogen-bond donors (Lipinski definition) is 2. The summed E-state index contributed by atoms with van der Waals surface area (Å²) < 4.78 is 1.83. The highest BCUT2D eigenvalue weighted by atomic mass is 32.1. The van der Waals surface area contributed by atoms with E-state index in [9.17, 15) is 9.59 Å². The van der Waals surface area contributed by atoms with Crippen LogP contribution < -0.4 is 10.6 Å². The Morgan fingerprint density at radius 3 is 2.39 bits per heavy atom. The summed E-state index contributed by atoms with van der Waals surface area (Å²) in [7, 11) is 0. The first-order chi connectivity index (χ1) is 15.6. The predicted octanol–water partition coefficient (Wildman–Crippen LogP) is 5.52. The van der Waals surface area contributed by atoms with E-state index in [2.05, 4.69) is 15.7 Å². The number of benzene rings is 1. The molecule has 0 unspecified atom stereocenters. The monoisotopic (exact) mass is 461 g/mol. The van der Waals surface area contributed by atoms with Crippen LogP contribution in [-0.2, 0) is 0 Å². The summed E-state index contributed by atoms with van der Waals surface area (Å²) in [4.78, 5) is 31.4. The van der Waals surface area contributed by atoms with Gasteiger partial charge in [0, 0.05) is 22.8 Å². The molecule has 0 fully saturated rings. The Kier molecular flexibility index (Phi) is 6.03. The van der Waals surface area contributed by atoms with Crippen LogP contribution in [0, 0.1) is 0 Å². The van der Waals surface area contributed by atoms with E-state index in [1.54, 1.807) is 47.9 Å². The zero-order valence-electron chi connectivity index (χ0n) is 19.3. The van der Waals surface area contributed by atoms with Gasteiger partial charge < -0.3 is 10.6 Å². The molecule has 170 valence electrons. The van der Waals surface area contributed by atoms with Crippen LogP contribution >= 0.6 is 11.3 Å². The lowest BCUT2D eigenvalue weighted by Gasteiger charge is -2.20. The normalized spacial score (nSPS) is 11.7. The summed E-state index contributed by atoms with van der Waals surface area (Å²) in [5.74, 6) is -0.409. The number of nitrogens with one attached hydrogen (secondary N) is 2. The van der Waals surface area contributed by atoms with Crippen LogP contribution in [0.1, 0.15) is 61.4 Å². The molecule has 0 aliphatic heterocycles. The fourth-order valence-electron chi connectivity index (χ4n) is 3.45.